The third kappa shape index (κ3) is 4.19. The zero-order chi connectivity index (χ0) is 17.7. The fraction of sp³-hybridized carbons (Fsp3) is 0.176. The first-order chi connectivity index (χ1) is 11.5. The Morgan fingerprint density at radius 2 is 1.62 bits per heavy atom. The van der Waals surface area contributed by atoms with Gasteiger partial charge in [-0.2, -0.15) is 0 Å². The molecule has 0 heterocycles. The lowest BCUT2D eigenvalue weighted by Crippen LogP contribution is -2.14. The van der Waals surface area contributed by atoms with Gasteiger partial charge in [0.15, 0.2) is 23.9 Å². The Balaban J connectivity index is 2.08. The highest BCUT2D eigenvalue weighted by atomic mass is 35.5. The van der Waals surface area contributed by atoms with Crippen LogP contribution in [0.4, 0.5) is 0 Å². The smallest absolute Gasteiger partial charge is 0.338 e. The fourth-order valence-corrected chi connectivity index (χ4v) is 2.38. The summed E-state index contributed by atoms with van der Waals surface area (Å²) in [4.78, 5) is 24.1. The fourth-order valence-electron chi connectivity index (χ4n) is 1.97. The van der Waals surface area contributed by atoms with Gasteiger partial charge >= 0.3 is 5.97 Å². The molecule has 0 aliphatic heterocycles. The number of Topliss-reactive ketones (excluding diaryl/α,β-unsaturated/α-hetero) is 1. The van der Waals surface area contributed by atoms with E-state index in [2.05, 4.69) is 0 Å². The van der Waals surface area contributed by atoms with Gasteiger partial charge in [0.2, 0.25) is 0 Å². The standard InChI is InChI=1S/C17H14Cl2O5/c1-22-15-8-11(7-13(19)16(15)23-2)17(21)24-9-14(20)10-3-5-12(18)6-4-10/h3-8H,9H2,1-2H3. The van der Waals surface area contributed by atoms with Gasteiger partial charge in [0.05, 0.1) is 24.8 Å². The number of benzene rings is 2. The van der Waals surface area contributed by atoms with Crippen LogP contribution in [0.5, 0.6) is 11.5 Å². The summed E-state index contributed by atoms with van der Waals surface area (Å²) < 4.78 is 15.2. The molecule has 0 amide bonds. The topological polar surface area (TPSA) is 61.8 Å². The normalized spacial score (nSPS) is 10.2. The molecule has 2 aromatic rings. The molecule has 0 N–H and O–H groups in total. The lowest BCUT2D eigenvalue weighted by molar-refractivity contribution is 0.0474. The van der Waals surface area contributed by atoms with E-state index in [0.717, 1.165) is 0 Å². The van der Waals surface area contributed by atoms with Crippen molar-refractivity contribution in [3.05, 3.63) is 57.6 Å². The van der Waals surface area contributed by atoms with Crippen molar-refractivity contribution < 1.29 is 23.8 Å². The van der Waals surface area contributed by atoms with E-state index in [0.29, 0.717) is 22.1 Å². The van der Waals surface area contributed by atoms with Gasteiger partial charge in [0, 0.05) is 10.6 Å². The summed E-state index contributed by atoms with van der Waals surface area (Å²) in [5.74, 6) is -0.430. The van der Waals surface area contributed by atoms with Crippen LogP contribution in [0.3, 0.4) is 0 Å². The maximum Gasteiger partial charge on any atom is 0.338 e. The molecule has 2 rings (SSSR count). The average molecular weight is 369 g/mol. The summed E-state index contributed by atoms with van der Waals surface area (Å²) in [5, 5.41) is 0.719. The average Bonchev–Trinajstić information content (AvgIpc) is 2.59. The van der Waals surface area contributed by atoms with Crippen molar-refractivity contribution in [1.29, 1.82) is 0 Å². The number of hydrogen-bond donors (Lipinski definition) is 0. The molecule has 0 spiro atoms. The Morgan fingerprint density at radius 1 is 0.958 bits per heavy atom. The predicted molar refractivity (Wildman–Crippen MR) is 90.6 cm³/mol. The number of carbonyl (C=O) groups is 2. The number of esters is 1. The minimum atomic E-state index is -0.694. The Hall–Kier alpha value is -2.24. The minimum Gasteiger partial charge on any atom is -0.493 e. The van der Waals surface area contributed by atoms with Crippen LogP contribution in [0.25, 0.3) is 0 Å². The second-order valence-electron chi connectivity index (χ2n) is 4.70. The van der Waals surface area contributed by atoms with E-state index < -0.39 is 12.6 Å². The van der Waals surface area contributed by atoms with E-state index in [1.165, 1.54) is 26.4 Å². The van der Waals surface area contributed by atoms with Crippen LogP contribution >= 0.6 is 23.2 Å². The number of ketones is 1. The van der Waals surface area contributed by atoms with Gasteiger partial charge in [0.1, 0.15) is 0 Å². The summed E-state index contributed by atoms with van der Waals surface area (Å²) in [6.45, 7) is -0.396. The van der Waals surface area contributed by atoms with Gasteiger partial charge < -0.3 is 14.2 Å². The molecule has 0 aromatic heterocycles. The lowest BCUT2D eigenvalue weighted by atomic mass is 10.1. The van der Waals surface area contributed by atoms with E-state index in [1.54, 1.807) is 24.3 Å². The third-order valence-electron chi connectivity index (χ3n) is 3.17. The first kappa shape index (κ1) is 18.1. The van der Waals surface area contributed by atoms with Crippen molar-refractivity contribution in [1.82, 2.24) is 0 Å². The van der Waals surface area contributed by atoms with Crippen molar-refractivity contribution in [2.24, 2.45) is 0 Å². The summed E-state index contributed by atoms with van der Waals surface area (Å²) >= 11 is 11.8. The molecule has 24 heavy (non-hydrogen) atoms. The molecule has 7 heteroatoms. The first-order valence-electron chi connectivity index (χ1n) is 6.83. The molecule has 2 aromatic carbocycles. The third-order valence-corrected chi connectivity index (χ3v) is 3.70. The number of ether oxygens (including phenoxy) is 3. The molecule has 0 saturated heterocycles. The highest BCUT2D eigenvalue weighted by molar-refractivity contribution is 6.32. The van der Waals surface area contributed by atoms with Crippen LogP contribution in [-0.2, 0) is 4.74 Å². The lowest BCUT2D eigenvalue weighted by Gasteiger charge is -2.11. The van der Waals surface area contributed by atoms with Crippen molar-refractivity contribution in [3.8, 4) is 11.5 Å². The molecular weight excluding hydrogens is 355 g/mol. The highest BCUT2D eigenvalue weighted by Gasteiger charge is 2.17. The largest absolute Gasteiger partial charge is 0.493 e. The van der Waals surface area contributed by atoms with Crippen molar-refractivity contribution >= 4 is 35.0 Å². The van der Waals surface area contributed by atoms with Gasteiger partial charge in [-0.3, -0.25) is 4.79 Å². The number of rotatable bonds is 6. The van der Waals surface area contributed by atoms with E-state index in [-0.39, 0.29) is 16.4 Å². The molecule has 0 bridgehead atoms. The highest BCUT2D eigenvalue weighted by Crippen LogP contribution is 2.36. The molecular formula is C17H14Cl2O5. The molecule has 0 fully saturated rings. The summed E-state index contributed by atoms with van der Waals surface area (Å²) in [7, 11) is 2.86. The first-order valence-corrected chi connectivity index (χ1v) is 7.59. The minimum absolute atomic E-state index is 0.154. The van der Waals surface area contributed by atoms with Crippen LogP contribution in [0.2, 0.25) is 10.0 Å². The van der Waals surface area contributed by atoms with Crippen molar-refractivity contribution in [2.75, 3.05) is 20.8 Å². The zero-order valence-corrected chi connectivity index (χ0v) is 14.5. The van der Waals surface area contributed by atoms with Gasteiger partial charge in [-0.15, -0.1) is 0 Å². The van der Waals surface area contributed by atoms with Gasteiger partial charge in [-0.1, -0.05) is 23.2 Å². The Morgan fingerprint density at radius 3 is 2.21 bits per heavy atom. The summed E-state index contributed by atoms with van der Waals surface area (Å²) in [6.07, 6.45) is 0. The quantitative estimate of drug-likeness (QED) is 0.568. The Labute approximate surface area is 149 Å². The SMILES string of the molecule is COc1cc(C(=O)OCC(=O)c2ccc(Cl)cc2)cc(Cl)c1OC. The van der Waals surface area contributed by atoms with E-state index in [4.69, 9.17) is 37.4 Å². The molecule has 0 saturated carbocycles. The maximum atomic E-state index is 12.1. The van der Waals surface area contributed by atoms with Crippen LogP contribution < -0.4 is 9.47 Å². The summed E-state index contributed by atoms with van der Waals surface area (Å²) in [6, 6.07) is 9.12. The second-order valence-corrected chi connectivity index (χ2v) is 5.54. The second kappa shape index (κ2) is 8.04. The van der Waals surface area contributed by atoms with Crippen molar-refractivity contribution in [3.63, 3.8) is 0 Å². The molecule has 5 nitrogen and oxygen atoms in total. The van der Waals surface area contributed by atoms with Crippen LogP contribution in [-0.4, -0.2) is 32.6 Å². The van der Waals surface area contributed by atoms with Crippen LogP contribution in [0, 0.1) is 0 Å². The molecule has 0 aliphatic rings. The summed E-state index contributed by atoms with van der Waals surface area (Å²) in [5.41, 5.74) is 0.555. The molecule has 126 valence electrons. The molecule has 0 radical (unpaired) electrons. The number of carbonyl (C=O) groups excluding carboxylic acids is 2. The number of hydrogen-bond acceptors (Lipinski definition) is 5. The Kier molecular flexibility index (Phi) is 6.06. The van der Waals surface area contributed by atoms with Crippen molar-refractivity contribution in [2.45, 2.75) is 0 Å². The maximum absolute atomic E-state index is 12.1. The van der Waals surface area contributed by atoms with Gasteiger partial charge in [-0.05, 0) is 36.4 Å². The molecule has 0 aliphatic carbocycles. The predicted octanol–water partition coefficient (Wildman–Crippen LogP) is 4.05. The van der Waals surface area contributed by atoms with Crippen LogP contribution in [0.15, 0.2) is 36.4 Å². The van der Waals surface area contributed by atoms with E-state index >= 15 is 0 Å². The van der Waals surface area contributed by atoms with Crippen LogP contribution in [0.1, 0.15) is 20.7 Å². The zero-order valence-electron chi connectivity index (χ0n) is 13.0. The number of methoxy groups -OCH3 is 2. The van der Waals surface area contributed by atoms with E-state index in [1.807, 2.05) is 0 Å². The monoisotopic (exact) mass is 368 g/mol. The molecule has 0 atom stereocenters. The Bertz CT molecular complexity index is 756. The van der Waals surface area contributed by atoms with E-state index in [9.17, 15) is 9.59 Å². The number of halogens is 2. The molecule has 0 unspecified atom stereocenters. The van der Waals surface area contributed by atoms with Gasteiger partial charge in [-0.25, -0.2) is 4.79 Å². The van der Waals surface area contributed by atoms with Gasteiger partial charge in [0.25, 0.3) is 0 Å².